The van der Waals surface area contributed by atoms with Gasteiger partial charge >= 0.3 is 0 Å². The first kappa shape index (κ1) is 20.2. The zero-order valence-corrected chi connectivity index (χ0v) is 17.7. The normalized spacial score (nSPS) is 16.6. The smallest absolute Gasteiger partial charge is 0.181 e. The lowest BCUT2D eigenvalue weighted by molar-refractivity contribution is 0.547. The lowest BCUT2D eigenvalue weighted by Gasteiger charge is -2.24. The fourth-order valence-corrected chi connectivity index (χ4v) is 3.14. The minimum absolute atomic E-state index is 0.0685. The molecule has 3 aromatic rings. The van der Waals surface area contributed by atoms with Crippen LogP contribution in [0.15, 0.2) is 65.6 Å². The van der Waals surface area contributed by atoms with E-state index in [1.54, 1.807) is 0 Å². The Hall–Kier alpha value is -2.59. The molecule has 4 rings (SSSR count). The molecule has 1 aromatic heterocycles. The SMILES string of the molecule is C1=CC(c2ccccc2)NN1.CC(C)(C)c1cc(C(C)(C)C)c2ocnc2c1. The van der Waals surface area contributed by atoms with Crippen LogP contribution in [0.4, 0.5) is 0 Å². The first-order valence-corrected chi connectivity index (χ1v) is 9.77. The van der Waals surface area contributed by atoms with Crippen LogP contribution >= 0.6 is 0 Å². The second-order valence-electron chi connectivity index (χ2n) is 9.26. The molecule has 0 amide bonds. The number of nitrogens with zero attached hydrogens (tertiary/aromatic N) is 1. The van der Waals surface area contributed by atoms with Gasteiger partial charge in [0.25, 0.3) is 0 Å². The number of rotatable bonds is 1. The van der Waals surface area contributed by atoms with Crippen LogP contribution in [-0.4, -0.2) is 4.98 Å². The summed E-state index contributed by atoms with van der Waals surface area (Å²) >= 11 is 0. The fraction of sp³-hybridized carbons (Fsp3) is 0.375. The van der Waals surface area contributed by atoms with E-state index >= 15 is 0 Å². The summed E-state index contributed by atoms with van der Waals surface area (Å²) in [5.74, 6) is 0. The molecule has 0 aliphatic carbocycles. The third-order valence-corrected chi connectivity index (χ3v) is 4.88. The highest BCUT2D eigenvalue weighted by Crippen LogP contribution is 2.34. The number of oxazole rings is 1. The standard InChI is InChI=1S/C15H21NO.C9H10N2/c1-14(2,3)10-7-11(15(4,5)6)13-12(8-10)16-9-17-13;1-2-4-8(5-3-1)9-6-7-10-11-9/h7-9H,1-6H3;1-7,9-11H. The van der Waals surface area contributed by atoms with Gasteiger partial charge in [-0.05, 0) is 34.1 Å². The van der Waals surface area contributed by atoms with Crippen molar-refractivity contribution in [3.63, 3.8) is 0 Å². The molecule has 4 heteroatoms. The van der Waals surface area contributed by atoms with Gasteiger partial charge in [-0.25, -0.2) is 10.4 Å². The molecule has 1 atom stereocenters. The Kier molecular flexibility index (Phi) is 5.61. The Bertz CT molecular complexity index is 943. The van der Waals surface area contributed by atoms with Crippen LogP contribution in [0, 0.1) is 0 Å². The van der Waals surface area contributed by atoms with Crippen molar-refractivity contribution >= 4 is 11.1 Å². The minimum Gasteiger partial charge on any atom is -0.443 e. The third-order valence-electron chi connectivity index (χ3n) is 4.88. The molecule has 0 bridgehead atoms. The largest absolute Gasteiger partial charge is 0.443 e. The number of hydrogen-bond donors (Lipinski definition) is 2. The van der Waals surface area contributed by atoms with Crippen molar-refractivity contribution in [3.05, 3.63) is 77.8 Å². The summed E-state index contributed by atoms with van der Waals surface area (Å²) in [5.41, 5.74) is 12.0. The molecule has 4 nitrogen and oxygen atoms in total. The van der Waals surface area contributed by atoms with E-state index in [9.17, 15) is 0 Å². The van der Waals surface area contributed by atoms with Crippen molar-refractivity contribution in [3.8, 4) is 0 Å². The summed E-state index contributed by atoms with van der Waals surface area (Å²) in [7, 11) is 0. The molecule has 0 spiro atoms. The summed E-state index contributed by atoms with van der Waals surface area (Å²) in [6, 6.07) is 15.0. The molecule has 0 saturated heterocycles. The van der Waals surface area contributed by atoms with Crippen LogP contribution < -0.4 is 10.9 Å². The van der Waals surface area contributed by atoms with Gasteiger partial charge in [0.15, 0.2) is 12.0 Å². The highest BCUT2D eigenvalue weighted by Gasteiger charge is 2.24. The maximum absolute atomic E-state index is 5.53. The molecule has 1 unspecified atom stereocenters. The number of benzene rings is 2. The van der Waals surface area contributed by atoms with E-state index in [-0.39, 0.29) is 10.8 Å². The summed E-state index contributed by atoms with van der Waals surface area (Å²) in [5, 5.41) is 0. The zero-order chi connectivity index (χ0) is 20.4. The number of aromatic nitrogens is 1. The Balaban J connectivity index is 0.000000176. The zero-order valence-electron chi connectivity index (χ0n) is 17.7. The topological polar surface area (TPSA) is 50.1 Å². The van der Waals surface area contributed by atoms with Crippen LogP contribution in [0.2, 0.25) is 0 Å². The summed E-state index contributed by atoms with van der Waals surface area (Å²) in [4.78, 5) is 4.30. The van der Waals surface area contributed by atoms with E-state index in [2.05, 4.69) is 87.7 Å². The Morgan fingerprint density at radius 2 is 1.64 bits per heavy atom. The fourth-order valence-electron chi connectivity index (χ4n) is 3.14. The van der Waals surface area contributed by atoms with Crippen molar-refractivity contribution in [2.45, 2.75) is 58.4 Å². The lowest BCUT2D eigenvalue weighted by atomic mass is 9.80. The molecular weight excluding hydrogens is 346 g/mol. The van der Waals surface area contributed by atoms with Crippen LogP contribution in [0.1, 0.15) is 64.3 Å². The van der Waals surface area contributed by atoms with E-state index in [0.29, 0.717) is 6.04 Å². The van der Waals surface area contributed by atoms with Crippen molar-refractivity contribution in [1.82, 2.24) is 15.8 Å². The minimum atomic E-state index is 0.0685. The number of hydrazine groups is 1. The van der Waals surface area contributed by atoms with Gasteiger partial charge in [0.1, 0.15) is 5.52 Å². The van der Waals surface area contributed by atoms with Gasteiger partial charge in [-0.15, -0.1) is 0 Å². The third kappa shape index (κ3) is 4.63. The second kappa shape index (κ2) is 7.80. The van der Waals surface area contributed by atoms with Gasteiger partial charge in [0, 0.05) is 11.8 Å². The van der Waals surface area contributed by atoms with Gasteiger partial charge < -0.3 is 9.84 Å². The van der Waals surface area contributed by atoms with E-state index in [1.807, 2.05) is 24.4 Å². The van der Waals surface area contributed by atoms with E-state index in [0.717, 1.165) is 11.1 Å². The Morgan fingerprint density at radius 3 is 2.21 bits per heavy atom. The number of hydrogen-bond acceptors (Lipinski definition) is 4. The quantitative estimate of drug-likeness (QED) is 0.565. The van der Waals surface area contributed by atoms with Crippen LogP contribution in [0.3, 0.4) is 0 Å². The summed E-state index contributed by atoms with van der Waals surface area (Å²) in [6.45, 7) is 13.3. The molecule has 1 aliphatic heterocycles. The van der Waals surface area contributed by atoms with E-state index < -0.39 is 0 Å². The van der Waals surface area contributed by atoms with Crippen LogP contribution in [0.25, 0.3) is 11.1 Å². The number of nitrogens with one attached hydrogen (secondary N) is 2. The highest BCUT2D eigenvalue weighted by atomic mass is 16.3. The predicted molar refractivity (Wildman–Crippen MR) is 116 cm³/mol. The first-order chi connectivity index (χ1) is 13.2. The van der Waals surface area contributed by atoms with Crippen molar-refractivity contribution in [1.29, 1.82) is 0 Å². The van der Waals surface area contributed by atoms with Gasteiger partial charge in [-0.1, -0.05) is 77.9 Å². The van der Waals surface area contributed by atoms with E-state index in [4.69, 9.17) is 4.42 Å². The van der Waals surface area contributed by atoms with Gasteiger partial charge in [0.05, 0.1) is 6.04 Å². The van der Waals surface area contributed by atoms with Crippen LogP contribution in [0.5, 0.6) is 0 Å². The molecule has 2 heterocycles. The maximum Gasteiger partial charge on any atom is 0.181 e. The molecule has 2 aromatic carbocycles. The van der Waals surface area contributed by atoms with Gasteiger partial charge in [-0.3, -0.25) is 0 Å². The second-order valence-corrected chi connectivity index (χ2v) is 9.26. The average molecular weight is 378 g/mol. The van der Waals surface area contributed by atoms with Crippen LogP contribution in [-0.2, 0) is 10.8 Å². The Morgan fingerprint density at radius 1 is 0.929 bits per heavy atom. The van der Waals surface area contributed by atoms with Gasteiger partial charge in [0.2, 0.25) is 0 Å². The molecule has 0 saturated carbocycles. The number of fused-ring (bicyclic) bond motifs is 1. The van der Waals surface area contributed by atoms with E-state index in [1.165, 1.54) is 23.1 Å². The molecule has 1 aliphatic rings. The van der Waals surface area contributed by atoms with Crippen molar-refractivity contribution in [2.75, 3.05) is 0 Å². The predicted octanol–water partition coefficient (Wildman–Crippen LogP) is 5.77. The lowest BCUT2D eigenvalue weighted by Crippen LogP contribution is -2.23. The summed E-state index contributed by atoms with van der Waals surface area (Å²) in [6.07, 6.45) is 5.54. The average Bonchev–Trinajstić information content (AvgIpc) is 3.32. The molecule has 148 valence electrons. The monoisotopic (exact) mass is 377 g/mol. The Labute approximate surface area is 168 Å². The molecule has 0 fully saturated rings. The highest BCUT2D eigenvalue weighted by molar-refractivity contribution is 5.78. The van der Waals surface area contributed by atoms with Crippen molar-refractivity contribution in [2.24, 2.45) is 0 Å². The molecule has 2 N–H and O–H groups in total. The summed E-state index contributed by atoms with van der Waals surface area (Å²) < 4.78 is 5.53. The maximum atomic E-state index is 5.53. The first-order valence-electron chi connectivity index (χ1n) is 9.77. The molecule has 0 radical (unpaired) electrons. The van der Waals surface area contributed by atoms with Gasteiger partial charge in [-0.2, -0.15) is 0 Å². The molecular formula is C24H31N3O. The van der Waals surface area contributed by atoms with Crippen molar-refractivity contribution < 1.29 is 4.42 Å². The molecule has 28 heavy (non-hydrogen) atoms.